The summed E-state index contributed by atoms with van der Waals surface area (Å²) in [5, 5.41) is 9.48. The number of halogens is 1. The molecule has 27 heavy (non-hydrogen) atoms. The Morgan fingerprint density at radius 2 is 1.81 bits per heavy atom. The highest BCUT2D eigenvalue weighted by molar-refractivity contribution is 14.0. The first-order valence-corrected chi connectivity index (χ1v) is 9.56. The number of hydrogen-bond acceptors (Lipinski definition) is 3. The van der Waals surface area contributed by atoms with Crippen LogP contribution in [0, 0.1) is 5.92 Å². The first-order chi connectivity index (χ1) is 12.7. The van der Waals surface area contributed by atoms with Crippen LogP contribution in [0.2, 0.25) is 0 Å². The summed E-state index contributed by atoms with van der Waals surface area (Å²) in [6, 6.07) is 7.89. The molecule has 0 unspecified atom stereocenters. The van der Waals surface area contributed by atoms with E-state index in [1.54, 1.807) is 14.2 Å². The molecule has 7 heteroatoms. The van der Waals surface area contributed by atoms with E-state index in [1.807, 2.05) is 24.3 Å². The van der Waals surface area contributed by atoms with Gasteiger partial charge in [0.1, 0.15) is 5.75 Å². The Kier molecular flexibility index (Phi) is 11.9. The highest BCUT2D eigenvalue weighted by Crippen LogP contribution is 2.25. The number of carbonyl (C=O) groups is 1. The summed E-state index contributed by atoms with van der Waals surface area (Å²) < 4.78 is 5.35. The lowest BCUT2D eigenvalue weighted by Gasteiger charge is -2.20. The van der Waals surface area contributed by atoms with Gasteiger partial charge in [0.25, 0.3) is 0 Å². The van der Waals surface area contributed by atoms with Crippen molar-refractivity contribution < 1.29 is 9.53 Å². The summed E-state index contributed by atoms with van der Waals surface area (Å²) in [5.74, 6) is 2.30. The molecule has 0 spiro atoms. The van der Waals surface area contributed by atoms with E-state index in [0.29, 0.717) is 37.9 Å². The number of methoxy groups -OCH3 is 1. The molecule has 0 atom stereocenters. The number of aliphatic imine (C=N–C) groups is 1. The van der Waals surface area contributed by atoms with Crippen LogP contribution in [-0.2, 0) is 11.3 Å². The van der Waals surface area contributed by atoms with E-state index < -0.39 is 0 Å². The van der Waals surface area contributed by atoms with Crippen LogP contribution in [0.15, 0.2) is 29.3 Å². The third-order valence-corrected chi connectivity index (χ3v) is 4.80. The van der Waals surface area contributed by atoms with Crippen LogP contribution >= 0.6 is 24.0 Å². The van der Waals surface area contributed by atoms with Crippen LogP contribution in [-0.4, -0.2) is 39.1 Å². The molecule has 1 fully saturated rings. The Hall–Kier alpha value is -1.51. The summed E-state index contributed by atoms with van der Waals surface area (Å²) in [5.41, 5.74) is 1.07. The van der Waals surface area contributed by atoms with Crippen molar-refractivity contribution in [2.24, 2.45) is 10.9 Å². The van der Waals surface area contributed by atoms with Crippen molar-refractivity contribution in [3.05, 3.63) is 29.8 Å². The Morgan fingerprint density at radius 3 is 2.52 bits per heavy atom. The maximum absolute atomic E-state index is 12.0. The number of hydrogen-bond donors (Lipinski definition) is 3. The van der Waals surface area contributed by atoms with Gasteiger partial charge in [-0.3, -0.25) is 9.79 Å². The second-order valence-electron chi connectivity index (χ2n) is 6.72. The zero-order valence-electron chi connectivity index (χ0n) is 16.4. The molecular weight excluding hydrogens is 455 g/mol. The first-order valence-electron chi connectivity index (χ1n) is 9.56. The van der Waals surface area contributed by atoms with Gasteiger partial charge in [-0.1, -0.05) is 37.5 Å². The van der Waals surface area contributed by atoms with Gasteiger partial charge < -0.3 is 20.7 Å². The maximum Gasteiger partial charge on any atom is 0.220 e. The molecule has 0 heterocycles. The quantitative estimate of drug-likeness (QED) is 0.228. The third-order valence-electron chi connectivity index (χ3n) is 4.80. The lowest BCUT2D eigenvalue weighted by Crippen LogP contribution is -2.41. The van der Waals surface area contributed by atoms with Crippen LogP contribution in [0.3, 0.4) is 0 Å². The second kappa shape index (κ2) is 13.6. The van der Waals surface area contributed by atoms with Gasteiger partial charge in [0.2, 0.25) is 5.91 Å². The van der Waals surface area contributed by atoms with Crippen molar-refractivity contribution in [3.8, 4) is 5.75 Å². The van der Waals surface area contributed by atoms with Gasteiger partial charge in [-0.05, 0) is 24.8 Å². The fourth-order valence-corrected chi connectivity index (χ4v) is 3.36. The largest absolute Gasteiger partial charge is 0.496 e. The zero-order chi connectivity index (χ0) is 18.6. The van der Waals surface area contributed by atoms with E-state index in [0.717, 1.165) is 11.3 Å². The fourth-order valence-electron chi connectivity index (χ4n) is 3.36. The molecule has 1 amide bonds. The number of amides is 1. The third kappa shape index (κ3) is 8.81. The van der Waals surface area contributed by atoms with Gasteiger partial charge in [0.15, 0.2) is 5.96 Å². The standard InChI is InChI=1S/C20H32N4O2.HI/c1-21-20(24-15-17-10-6-7-11-18(17)26-2)23-13-12-22-19(25)14-16-8-4-3-5-9-16;/h6-7,10-11,16H,3-5,8-9,12-15H2,1-2H3,(H,22,25)(H2,21,23,24);1H. The van der Waals surface area contributed by atoms with Crippen molar-refractivity contribution in [2.45, 2.75) is 45.1 Å². The van der Waals surface area contributed by atoms with Gasteiger partial charge in [0, 0.05) is 38.7 Å². The van der Waals surface area contributed by atoms with Crippen molar-refractivity contribution in [1.29, 1.82) is 0 Å². The molecule has 1 aliphatic carbocycles. The molecule has 0 saturated heterocycles. The van der Waals surface area contributed by atoms with Gasteiger partial charge in [0.05, 0.1) is 7.11 Å². The Morgan fingerprint density at radius 1 is 1.11 bits per heavy atom. The Balaban J connectivity index is 0.00000364. The van der Waals surface area contributed by atoms with Crippen molar-refractivity contribution >= 4 is 35.8 Å². The summed E-state index contributed by atoms with van der Waals surface area (Å²) >= 11 is 0. The summed E-state index contributed by atoms with van der Waals surface area (Å²) in [6.45, 7) is 1.86. The smallest absolute Gasteiger partial charge is 0.220 e. The van der Waals surface area contributed by atoms with E-state index in [-0.39, 0.29) is 29.9 Å². The van der Waals surface area contributed by atoms with Gasteiger partial charge in [-0.25, -0.2) is 0 Å². The Bertz CT molecular complexity index is 589. The van der Waals surface area contributed by atoms with Crippen molar-refractivity contribution in [2.75, 3.05) is 27.2 Å². The molecule has 1 aliphatic rings. The van der Waals surface area contributed by atoms with Gasteiger partial charge in [-0.15, -0.1) is 24.0 Å². The average Bonchev–Trinajstić information content (AvgIpc) is 2.68. The number of carbonyl (C=O) groups excluding carboxylic acids is 1. The number of para-hydroxylation sites is 1. The number of benzene rings is 1. The average molecular weight is 488 g/mol. The molecule has 1 aromatic rings. The number of nitrogens with one attached hydrogen (secondary N) is 3. The minimum absolute atomic E-state index is 0. The van der Waals surface area contributed by atoms with Crippen LogP contribution in [0.4, 0.5) is 0 Å². The minimum atomic E-state index is 0. The predicted molar refractivity (Wildman–Crippen MR) is 121 cm³/mol. The van der Waals surface area contributed by atoms with E-state index in [2.05, 4.69) is 20.9 Å². The lowest BCUT2D eigenvalue weighted by molar-refractivity contribution is -0.122. The second-order valence-corrected chi connectivity index (χ2v) is 6.72. The van der Waals surface area contributed by atoms with Crippen molar-refractivity contribution in [1.82, 2.24) is 16.0 Å². The molecule has 2 rings (SSSR count). The summed E-state index contributed by atoms with van der Waals surface area (Å²) in [6.07, 6.45) is 6.93. The number of ether oxygens (including phenoxy) is 1. The molecule has 3 N–H and O–H groups in total. The fraction of sp³-hybridized carbons (Fsp3) is 0.600. The normalized spacial score (nSPS) is 14.8. The number of rotatable bonds is 8. The van der Waals surface area contributed by atoms with Gasteiger partial charge >= 0.3 is 0 Å². The lowest BCUT2D eigenvalue weighted by atomic mass is 9.87. The first kappa shape index (κ1) is 23.5. The SMILES string of the molecule is CN=C(NCCNC(=O)CC1CCCCC1)NCc1ccccc1OC.I. The predicted octanol–water partition coefficient (Wildman–Crippen LogP) is 3.06. The summed E-state index contributed by atoms with van der Waals surface area (Å²) in [7, 11) is 3.40. The van der Waals surface area contributed by atoms with E-state index in [1.165, 1.54) is 32.1 Å². The van der Waals surface area contributed by atoms with Crippen molar-refractivity contribution in [3.63, 3.8) is 0 Å². The molecule has 1 aromatic carbocycles. The van der Waals surface area contributed by atoms with Gasteiger partial charge in [-0.2, -0.15) is 0 Å². The zero-order valence-corrected chi connectivity index (χ0v) is 18.8. The molecule has 1 saturated carbocycles. The monoisotopic (exact) mass is 488 g/mol. The molecule has 0 aliphatic heterocycles. The summed E-state index contributed by atoms with van der Waals surface area (Å²) in [4.78, 5) is 16.2. The minimum Gasteiger partial charge on any atom is -0.496 e. The number of guanidine groups is 1. The highest BCUT2D eigenvalue weighted by Gasteiger charge is 2.16. The maximum atomic E-state index is 12.0. The molecule has 0 aromatic heterocycles. The highest BCUT2D eigenvalue weighted by atomic mass is 127. The van der Waals surface area contributed by atoms with Crippen LogP contribution < -0.4 is 20.7 Å². The molecule has 152 valence electrons. The van der Waals surface area contributed by atoms with E-state index in [4.69, 9.17) is 4.74 Å². The molecular formula is C20H33IN4O2. The Labute approximate surface area is 179 Å². The van der Waals surface area contributed by atoms with E-state index >= 15 is 0 Å². The topological polar surface area (TPSA) is 74.8 Å². The van der Waals surface area contributed by atoms with Crippen LogP contribution in [0.5, 0.6) is 5.75 Å². The molecule has 6 nitrogen and oxygen atoms in total. The number of nitrogens with zero attached hydrogens (tertiary/aromatic N) is 1. The van der Waals surface area contributed by atoms with Crippen LogP contribution in [0.1, 0.15) is 44.1 Å². The van der Waals surface area contributed by atoms with Crippen LogP contribution in [0.25, 0.3) is 0 Å². The van der Waals surface area contributed by atoms with E-state index in [9.17, 15) is 4.79 Å². The molecule has 0 bridgehead atoms. The molecule has 0 radical (unpaired) electrons.